The molecule has 1 aliphatic heterocycles. The van der Waals surface area contributed by atoms with E-state index in [0.717, 1.165) is 29.8 Å². The quantitative estimate of drug-likeness (QED) is 0.608. The van der Waals surface area contributed by atoms with Crippen molar-refractivity contribution < 1.29 is 0 Å². The molecular formula is C10H19N. The van der Waals surface area contributed by atoms with Crippen molar-refractivity contribution in [3.05, 3.63) is 0 Å². The maximum absolute atomic E-state index is 3.70. The fourth-order valence-electron chi connectivity index (χ4n) is 3.13. The number of hydrogen-bond donors (Lipinski definition) is 1. The molecule has 2 aliphatic rings. The summed E-state index contributed by atoms with van der Waals surface area (Å²) in [6.07, 6.45) is 2.84. The Kier molecular flexibility index (Phi) is 1.71. The zero-order valence-electron chi connectivity index (χ0n) is 7.80. The van der Waals surface area contributed by atoms with Crippen LogP contribution in [0.4, 0.5) is 0 Å². The first-order valence-electron chi connectivity index (χ1n) is 5.00. The second-order valence-corrected chi connectivity index (χ2v) is 4.43. The fraction of sp³-hybridized carbons (Fsp3) is 1.00. The predicted octanol–water partition coefficient (Wildman–Crippen LogP) is 2.03. The predicted molar refractivity (Wildman–Crippen MR) is 47.4 cm³/mol. The van der Waals surface area contributed by atoms with Gasteiger partial charge in [-0.25, -0.2) is 0 Å². The molecule has 1 saturated carbocycles. The monoisotopic (exact) mass is 153 g/mol. The number of hydrogen-bond acceptors (Lipinski definition) is 1. The third-order valence-corrected chi connectivity index (χ3v) is 3.84. The molecular weight excluding hydrogens is 134 g/mol. The second-order valence-electron chi connectivity index (χ2n) is 4.43. The van der Waals surface area contributed by atoms with Crippen molar-refractivity contribution in [3.8, 4) is 0 Å². The highest BCUT2D eigenvalue weighted by atomic mass is 15.0. The minimum Gasteiger partial charge on any atom is -0.311 e. The number of fused-ring (bicyclic) bond motifs is 1. The van der Waals surface area contributed by atoms with Crippen LogP contribution < -0.4 is 5.32 Å². The topological polar surface area (TPSA) is 12.0 Å². The van der Waals surface area contributed by atoms with Crippen LogP contribution in [0.2, 0.25) is 0 Å². The van der Waals surface area contributed by atoms with Crippen molar-refractivity contribution in [1.29, 1.82) is 0 Å². The molecule has 0 aromatic heterocycles. The lowest BCUT2D eigenvalue weighted by Crippen LogP contribution is -2.45. The molecule has 2 fully saturated rings. The molecule has 2 unspecified atom stereocenters. The van der Waals surface area contributed by atoms with Crippen molar-refractivity contribution in [3.63, 3.8) is 0 Å². The van der Waals surface area contributed by atoms with Crippen LogP contribution in [-0.4, -0.2) is 12.1 Å². The van der Waals surface area contributed by atoms with Crippen LogP contribution in [0.3, 0.4) is 0 Å². The summed E-state index contributed by atoms with van der Waals surface area (Å²) in [6, 6.07) is 1.65. The van der Waals surface area contributed by atoms with Gasteiger partial charge in [-0.2, -0.15) is 0 Å². The van der Waals surface area contributed by atoms with E-state index >= 15 is 0 Å². The van der Waals surface area contributed by atoms with E-state index in [2.05, 4.69) is 26.1 Å². The molecule has 2 rings (SSSR count). The van der Waals surface area contributed by atoms with Gasteiger partial charge in [0.1, 0.15) is 0 Å². The van der Waals surface area contributed by atoms with E-state index in [1.165, 1.54) is 12.8 Å². The van der Waals surface area contributed by atoms with Gasteiger partial charge < -0.3 is 5.32 Å². The van der Waals surface area contributed by atoms with Crippen molar-refractivity contribution >= 4 is 0 Å². The van der Waals surface area contributed by atoms with Gasteiger partial charge in [-0.05, 0) is 31.1 Å². The van der Waals surface area contributed by atoms with E-state index in [1.807, 2.05) is 0 Å². The molecule has 1 heteroatoms. The highest BCUT2D eigenvalue weighted by Crippen LogP contribution is 2.46. The normalized spacial score (nSPS) is 55.4. The summed E-state index contributed by atoms with van der Waals surface area (Å²) in [5.74, 6) is 2.93. The maximum Gasteiger partial charge on any atom is 0.0127 e. The van der Waals surface area contributed by atoms with Gasteiger partial charge in [-0.15, -0.1) is 0 Å². The number of rotatable bonds is 1. The third-order valence-electron chi connectivity index (χ3n) is 3.84. The smallest absolute Gasteiger partial charge is 0.0127 e. The summed E-state index contributed by atoms with van der Waals surface area (Å²) in [6.45, 7) is 7.05. The van der Waals surface area contributed by atoms with E-state index < -0.39 is 0 Å². The molecule has 0 amide bonds. The van der Waals surface area contributed by atoms with E-state index in [0.29, 0.717) is 0 Å². The lowest BCUT2D eigenvalue weighted by molar-refractivity contribution is 0.137. The van der Waals surface area contributed by atoms with Crippen molar-refractivity contribution in [2.75, 3.05) is 0 Å². The van der Waals surface area contributed by atoms with Gasteiger partial charge in [0.15, 0.2) is 0 Å². The van der Waals surface area contributed by atoms with Crippen LogP contribution in [0.1, 0.15) is 33.6 Å². The molecule has 64 valence electrons. The van der Waals surface area contributed by atoms with Crippen LogP contribution in [0.15, 0.2) is 0 Å². The van der Waals surface area contributed by atoms with E-state index in [9.17, 15) is 0 Å². The minimum absolute atomic E-state index is 0.778. The maximum atomic E-state index is 3.70. The molecule has 5 atom stereocenters. The highest BCUT2D eigenvalue weighted by Gasteiger charge is 2.49. The van der Waals surface area contributed by atoms with Gasteiger partial charge in [0.05, 0.1) is 0 Å². The zero-order chi connectivity index (χ0) is 8.01. The molecule has 1 saturated heterocycles. The molecule has 1 nitrogen and oxygen atoms in total. The van der Waals surface area contributed by atoms with Crippen LogP contribution >= 0.6 is 0 Å². The Morgan fingerprint density at radius 2 is 2.09 bits per heavy atom. The summed E-state index contributed by atoms with van der Waals surface area (Å²) in [4.78, 5) is 0. The Morgan fingerprint density at radius 3 is 2.55 bits per heavy atom. The fourth-order valence-corrected chi connectivity index (χ4v) is 3.13. The van der Waals surface area contributed by atoms with Crippen LogP contribution in [-0.2, 0) is 0 Å². The minimum atomic E-state index is 0.778. The van der Waals surface area contributed by atoms with Gasteiger partial charge in [-0.1, -0.05) is 20.3 Å². The summed E-state index contributed by atoms with van der Waals surface area (Å²) in [7, 11) is 0. The summed E-state index contributed by atoms with van der Waals surface area (Å²) in [5, 5.41) is 3.70. The van der Waals surface area contributed by atoms with E-state index in [4.69, 9.17) is 0 Å². The first kappa shape index (κ1) is 7.60. The summed E-state index contributed by atoms with van der Waals surface area (Å²) < 4.78 is 0. The SMILES string of the molecule is CC[C@H]1C2C[C@H](C)C2N[C@H]1C. The molecule has 1 heterocycles. The van der Waals surface area contributed by atoms with Gasteiger partial charge in [0.2, 0.25) is 0 Å². The molecule has 1 N–H and O–H groups in total. The average Bonchev–Trinajstić information content (AvgIpc) is 2.24. The van der Waals surface area contributed by atoms with Crippen LogP contribution in [0, 0.1) is 17.8 Å². The molecule has 0 bridgehead atoms. The van der Waals surface area contributed by atoms with E-state index in [-0.39, 0.29) is 0 Å². The van der Waals surface area contributed by atoms with Crippen LogP contribution in [0.5, 0.6) is 0 Å². The Labute approximate surface area is 69.6 Å². The average molecular weight is 153 g/mol. The molecule has 0 aromatic carbocycles. The molecule has 0 aromatic rings. The van der Waals surface area contributed by atoms with Crippen LogP contribution in [0.25, 0.3) is 0 Å². The Balaban J connectivity index is 2.04. The molecule has 0 radical (unpaired) electrons. The molecule has 0 spiro atoms. The van der Waals surface area contributed by atoms with Gasteiger partial charge in [0.25, 0.3) is 0 Å². The largest absolute Gasteiger partial charge is 0.311 e. The molecule has 11 heavy (non-hydrogen) atoms. The van der Waals surface area contributed by atoms with Gasteiger partial charge in [0, 0.05) is 12.1 Å². The second kappa shape index (κ2) is 2.48. The van der Waals surface area contributed by atoms with Crippen molar-refractivity contribution in [1.82, 2.24) is 5.32 Å². The Hall–Kier alpha value is -0.0400. The lowest BCUT2D eigenvalue weighted by atomic mass is 9.67. The summed E-state index contributed by atoms with van der Waals surface area (Å²) in [5.41, 5.74) is 0. The van der Waals surface area contributed by atoms with Gasteiger partial charge in [-0.3, -0.25) is 0 Å². The Morgan fingerprint density at radius 1 is 1.36 bits per heavy atom. The van der Waals surface area contributed by atoms with Crippen molar-refractivity contribution in [2.45, 2.75) is 45.7 Å². The standard InChI is InChI=1S/C10H19N/c1-4-8-7(3)11-10-6(2)5-9(8)10/h6-11H,4-5H2,1-3H3/t6-,7-,8+,9?,10?/m0/s1. The Bertz CT molecular complexity index is 155. The highest BCUT2D eigenvalue weighted by molar-refractivity contribution is 5.04. The zero-order valence-corrected chi connectivity index (χ0v) is 7.80. The third kappa shape index (κ3) is 0.936. The lowest BCUT2D eigenvalue weighted by Gasteiger charge is -2.40. The number of nitrogens with one attached hydrogen (secondary N) is 1. The first-order valence-corrected chi connectivity index (χ1v) is 5.00. The van der Waals surface area contributed by atoms with Crippen molar-refractivity contribution in [2.24, 2.45) is 17.8 Å². The van der Waals surface area contributed by atoms with E-state index in [1.54, 1.807) is 0 Å². The van der Waals surface area contributed by atoms with Gasteiger partial charge >= 0.3 is 0 Å². The summed E-state index contributed by atoms with van der Waals surface area (Å²) >= 11 is 0. The molecule has 1 aliphatic carbocycles. The first-order chi connectivity index (χ1) is 5.24.